The number of hydrogen-bond donors (Lipinski definition) is 1. The summed E-state index contributed by atoms with van der Waals surface area (Å²) in [6.07, 6.45) is 2.26. The maximum atomic E-state index is 12.9. The van der Waals surface area contributed by atoms with Gasteiger partial charge in [0.05, 0.1) is 0 Å². The zero-order valence-electron chi connectivity index (χ0n) is 15.0. The highest BCUT2D eigenvalue weighted by Crippen LogP contribution is 2.26. The Morgan fingerprint density at radius 2 is 1.89 bits per heavy atom. The molecule has 1 amide bonds. The van der Waals surface area contributed by atoms with Crippen LogP contribution in [0.2, 0.25) is 0 Å². The SMILES string of the molecule is O=C(NCCc1ccc(F)cc1)C1CCN(c2nc3ccccc3o2)CC1. The summed E-state index contributed by atoms with van der Waals surface area (Å²) in [6.45, 7) is 2.07. The lowest BCUT2D eigenvalue weighted by Crippen LogP contribution is -2.41. The normalized spacial score (nSPS) is 15.2. The number of para-hydroxylation sites is 2. The number of nitrogens with one attached hydrogen (secondary N) is 1. The third-order valence-corrected chi connectivity index (χ3v) is 5.05. The molecule has 3 aromatic rings. The molecule has 27 heavy (non-hydrogen) atoms. The molecule has 1 aromatic heterocycles. The van der Waals surface area contributed by atoms with Crippen LogP contribution in [-0.4, -0.2) is 30.5 Å². The van der Waals surface area contributed by atoms with Gasteiger partial charge in [0, 0.05) is 25.6 Å². The highest BCUT2D eigenvalue weighted by molar-refractivity contribution is 5.79. The summed E-state index contributed by atoms with van der Waals surface area (Å²) < 4.78 is 18.7. The summed E-state index contributed by atoms with van der Waals surface area (Å²) in [5, 5.41) is 3.00. The largest absolute Gasteiger partial charge is 0.423 e. The number of halogens is 1. The van der Waals surface area contributed by atoms with E-state index in [2.05, 4.69) is 15.2 Å². The first-order valence-electron chi connectivity index (χ1n) is 9.32. The van der Waals surface area contributed by atoms with E-state index >= 15 is 0 Å². The van der Waals surface area contributed by atoms with Crippen molar-refractivity contribution in [2.75, 3.05) is 24.5 Å². The molecule has 0 aliphatic carbocycles. The number of aromatic nitrogens is 1. The number of oxazole rings is 1. The third kappa shape index (κ3) is 4.10. The average molecular weight is 367 g/mol. The zero-order valence-corrected chi connectivity index (χ0v) is 15.0. The van der Waals surface area contributed by atoms with Gasteiger partial charge in [-0.15, -0.1) is 0 Å². The van der Waals surface area contributed by atoms with Crippen molar-refractivity contribution in [1.29, 1.82) is 0 Å². The van der Waals surface area contributed by atoms with Crippen molar-refractivity contribution in [2.45, 2.75) is 19.3 Å². The molecule has 1 fully saturated rings. The topological polar surface area (TPSA) is 58.4 Å². The molecule has 0 saturated carbocycles. The van der Waals surface area contributed by atoms with Gasteiger partial charge in [-0.2, -0.15) is 4.98 Å². The standard InChI is InChI=1S/C21H22FN3O2/c22-17-7-5-15(6-8-17)9-12-23-20(26)16-10-13-25(14-11-16)21-24-18-3-1-2-4-19(18)27-21/h1-8,16H,9-14H2,(H,23,26). The number of nitrogens with zero attached hydrogens (tertiary/aromatic N) is 2. The number of amides is 1. The summed E-state index contributed by atoms with van der Waals surface area (Å²) in [5.74, 6) is -0.137. The molecule has 4 rings (SSSR count). The highest BCUT2D eigenvalue weighted by Gasteiger charge is 2.27. The maximum absolute atomic E-state index is 12.9. The van der Waals surface area contributed by atoms with E-state index in [9.17, 15) is 9.18 Å². The molecule has 1 saturated heterocycles. The second-order valence-corrected chi connectivity index (χ2v) is 6.89. The minimum Gasteiger partial charge on any atom is -0.423 e. The number of rotatable bonds is 5. The van der Waals surface area contributed by atoms with E-state index in [4.69, 9.17) is 4.42 Å². The molecule has 0 unspecified atom stereocenters. The molecule has 0 bridgehead atoms. The number of carbonyl (C=O) groups is 1. The average Bonchev–Trinajstić information content (AvgIpc) is 3.14. The summed E-state index contributed by atoms with van der Waals surface area (Å²) in [5.41, 5.74) is 2.66. The van der Waals surface area contributed by atoms with E-state index in [-0.39, 0.29) is 17.6 Å². The van der Waals surface area contributed by atoms with Gasteiger partial charge in [-0.25, -0.2) is 4.39 Å². The van der Waals surface area contributed by atoms with Crippen molar-refractivity contribution in [3.63, 3.8) is 0 Å². The molecule has 1 N–H and O–H groups in total. The predicted octanol–water partition coefficient (Wildman–Crippen LogP) is 3.54. The molecule has 5 nitrogen and oxygen atoms in total. The smallest absolute Gasteiger partial charge is 0.298 e. The van der Waals surface area contributed by atoms with E-state index < -0.39 is 0 Å². The van der Waals surface area contributed by atoms with Crippen molar-refractivity contribution in [1.82, 2.24) is 10.3 Å². The first-order chi connectivity index (χ1) is 13.2. The van der Waals surface area contributed by atoms with Gasteiger partial charge in [0.2, 0.25) is 5.91 Å². The van der Waals surface area contributed by atoms with Crippen molar-refractivity contribution in [3.05, 3.63) is 59.9 Å². The van der Waals surface area contributed by atoms with Gasteiger partial charge in [0.1, 0.15) is 11.3 Å². The first-order valence-corrected chi connectivity index (χ1v) is 9.32. The van der Waals surface area contributed by atoms with Crippen LogP contribution in [0.25, 0.3) is 11.1 Å². The molecule has 140 valence electrons. The van der Waals surface area contributed by atoms with Gasteiger partial charge in [-0.3, -0.25) is 4.79 Å². The highest BCUT2D eigenvalue weighted by atomic mass is 19.1. The third-order valence-electron chi connectivity index (χ3n) is 5.05. The van der Waals surface area contributed by atoms with Crippen molar-refractivity contribution in [2.24, 2.45) is 5.92 Å². The van der Waals surface area contributed by atoms with Crippen LogP contribution in [-0.2, 0) is 11.2 Å². The van der Waals surface area contributed by atoms with Gasteiger partial charge in [0.25, 0.3) is 6.01 Å². The number of fused-ring (bicyclic) bond motifs is 1. The molecule has 1 aliphatic rings. The summed E-state index contributed by atoms with van der Waals surface area (Å²) in [7, 11) is 0. The molecule has 2 aromatic carbocycles. The maximum Gasteiger partial charge on any atom is 0.298 e. The van der Waals surface area contributed by atoms with Crippen LogP contribution < -0.4 is 10.2 Å². The van der Waals surface area contributed by atoms with Crippen LogP contribution in [0.15, 0.2) is 52.9 Å². The van der Waals surface area contributed by atoms with Crippen LogP contribution >= 0.6 is 0 Å². The molecule has 0 spiro atoms. The second kappa shape index (κ2) is 7.78. The molecule has 0 atom stereocenters. The Morgan fingerprint density at radius 1 is 1.15 bits per heavy atom. The second-order valence-electron chi connectivity index (χ2n) is 6.89. The van der Waals surface area contributed by atoms with Gasteiger partial charge in [0.15, 0.2) is 5.58 Å². The van der Waals surface area contributed by atoms with E-state index in [0.29, 0.717) is 19.0 Å². The Bertz CT molecular complexity index is 882. The predicted molar refractivity (Wildman–Crippen MR) is 102 cm³/mol. The molecule has 1 aliphatic heterocycles. The molecule has 6 heteroatoms. The van der Waals surface area contributed by atoms with Gasteiger partial charge < -0.3 is 14.6 Å². The van der Waals surface area contributed by atoms with E-state index in [1.54, 1.807) is 12.1 Å². The van der Waals surface area contributed by atoms with E-state index in [1.807, 2.05) is 24.3 Å². The Morgan fingerprint density at radius 3 is 2.63 bits per heavy atom. The summed E-state index contributed by atoms with van der Waals surface area (Å²) in [4.78, 5) is 19.0. The Labute approximate surface area is 157 Å². The van der Waals surface area contributed by atoms with Crippen molar-refractivity contribution >= 4 is 23.0 Å². The fourth-order valence-corrected chi connectivity index (χ4v) is 3.45. The summed E-state index contributed by atoms with van der Waals surface area (Å²) in [6, 6.07) is 14.7. The molecule has 0 radical (unpaired) electrons. The van der Waals surface area contributed by atoms with Crippen LogP contribution in [0.3, 0.4) is 0 Å². The van der Waals surface area contributed by atoms with Crippen LogP contribution in [0.4, 0.5) is 10.4 Å². The van der Waals surface area contributed by atoms with Gasteiger partial charge in [-0.1, -0.05) is 24.3 Å². The summed E-state index contributed by atoms with van der Waals surface area (Å²) >= 11 is 0. The Hall–Kier alpha value is -2.89. The van der Waals surface area contributed by atoms with Gasteiger partial charge >= 0.3 is 0 Å². The number of carbonyl (C=O) groups excluding carboxylic acids is 1. The fraction of sp³-hybridized carbons (Fsp3) is 0.333. The first kappa shape index (κ1) is 17.5. The lowest BCUT2D eigenvalue weighted by molar-refractivity contribution is -0.125. The van der Waals surface area contributed by atoms with Crippen LogP contribution in [0, 0.1) is 11.7 Å². The van der Waals surface area contributed by atoms with Gasteiger partial charge in [-0.05, 0) is 49.1 Å². The number of hydrogen-bond acceptors (Lipinski definition) is 4. The molecular formula is C21H22FN3O2. The Balaban J connectivity index is 1.25. The molecular weight excluding hydrogens is 345 g/mol. The van der Waals surface area contributed by atoms with Crippen LogP contribution in [0.5, 0.6) is 0 Å². The Kier molecular flexibility index (Phi) is 5.05. The van der Waals surface area contributed by atoms with Crippen molar-refractivity contribution < 1.29 is 13.6 Å². The molecule has 2 heterocycles. The van der Waals surface area contributed by atoms with Crippen molar-refractivity contribution in [3.8, 4) is 0 Å². The minimum atomic E-state index is -0.242. The van der Waals surface area contributed by atoms with E-state index in [0.717, 1.165) is 42.6 Å². The lowest BCUT2D eigenvalue weighted by Gasteiger charge is -2.30. The monoisotopic (exact) mass is 367 g/mol. The zero-order chi connectivity index (χ0) is 18.6. The fourth-order valence-electron chi connectivity index (χ4n) is 3.45. The number of piperidine rings is 1. The van der Waals surface area contributed by atoms with Crippen LogP contribution in [0.1, 0.15) is 18.4 Å². The minimum absolute atomic E-state index is 0.0128. The lowest BCUT2D eigenvalue weighted by atomic mass is 9.96. The van der Waals surface area contributed by atoms with E-state index in [1.165, 1.54) is 12.1 Å². The quantitative estimate of drug-likeness (QED) is 0.749. The number of benzene rings is 2. The number of anilines is 1.